The van der Waals surface area contributed by atoms with Crippen LogP contribution >= 0.6 is 0 Å². The highest BCUT2D eigenvalue weighted by atomic mass is 16.5. The molecule has 0 spiro atoms. The summed E-state index contributed by atoms with van der Waals surface area (Å²) in [4.78, 5) is 12.2. The van der Waals surface area contributed by atoms with Crippen molar-refractivity contribution in [3.8, 4) is 5.75 Å². The molecule has 0 aliphatic rings. The van der Waals surface area contributed by atoms with Crippen molar-refractivity contribution in [3.63, 3.8) is 0 Å². The lowest BCUT2D eigenvalue weighted by Gasteiger charge is -2.18. The summed E-state index contributed by atoms with van der Waals surface area (Å²) in [5.41, 5.74) is 3.21. The lowest BCUT2D eigenvalue weighted by Crippen LogP contribution is -2.26. The van der Waals surface area contributed by atoms with Gasteiger partial charge in [-0.25, -0.2) is 4.98 Å². The van der Waals surface area contributed by atoms with E-state index in [1.165, 1.54) is 0 Å². The summed E-state index contributed by atoms with van der Waals surface area (Å²) >= 11 is 0. The zero-order valence-electron chi connectivity index (χ0n) is 13.2. The van der Waals surface area contributed by atoms with Crippen LogP contribution in [-0.4, -0.2) is 28.6 Å². The van der Waals surface area contributed by atoms with Gasteiger partial charge in [0.1, 0.15) is 11.6 Å². The smallest absolute Gasteiger partial charge is 0.128 e. The Morgan fingerprint density at radius 3 is 2.76 bits per heavy atom. The van der Waals surface area contributed by atoms with E-state index in [1.54, 1.807) is 13.3 Å². The molecule has 0 saturated carbocycles. The maximum Gasteiger partial charge on any atom is 0.128 e. The average molecular weight is 288 g/mol. The number of nitrogens with zero attached hydrogens (tertiary/aromatic N) is 2. The lowest BCUT2D eigenvalue weighted by atomic mass is 10.0. The van der Waals surface area contributed by atoms with Gasteiger partial charge in [-0.1, -0.05) is 6.92 Å². The van der Waals surface area contributed by atoms with E-state index in [1.807, 2.05) is 19.3 Å². The molecule has 1 unspecified atom stereocenters. The Balaban J connectivity index is 2.24. The maximum absolute atomic E-state index is 5.49. The number of rotatable bonds is 7. The van der Waals surface area contributed by atoms with Crippen molar-refractivity contribution < 1.29 is 4.74 Å². The van der Waals surface area contributed by atoms with Crippen LogP contribution in [0.2, 0.25) is 0 Å². The minimum atomic E-state index is 0.138. The van der Waals surface area contributed by atoms with Crippen molar-refractivity contribution in [2.45, 2.75) is 39.7 Å². The normalized spacial score (nSPS) is 12.4. The van der Waals surface area contributed by atoms with Crippen LogP contribution in [0.4, 0.5) is 0 Å². The molecule has 2 aromatic heterocycles. The molecule has 0 aliphatic heterocycles. The van der Waals surface area contributed by atoms with Crippen LogP contribution in [0, 0.1) is 13.8 Å². The molecule has 114 valence electrons. The van der Waals surface area contributed by atoms with Crippen LogP contribution in [0.1, 0.15) is 42.0 Å². The summed E-state index contributed by atoms with van der Waals surface area (Å²) in [5.74, 6) is 1.87. The predicted octanol–water partition coefficient (Wildman–Crippen LogP) is 2.71. The van der Waals surface area contributed by atoms with Gasteiger partial charge in [-0.05, 0) is 26.8 Å². The summed E-state index contributed by atoms with van der Waals surface area (Å²) in [6.45, 7) is 7.19. The van der Waals surface area contributed by atoms with E-state index in [4.69, 9.17) is 4.74 Å². The Kier molecular flexibility index (Phi) is 5.33. The van der Waals surface area contributed by atoms with Gasteiger partial charge in [-0.15, -0.1) is 0 Å². The molecule has 0 bridgehead atoms. The molecule has 1 atom stereocenters. The first-order valence-corrected chi connectivity index (χ1v) is 7.39. The van der Waals surface area contributed by atoms with Crippen LogP contribution in [0.25, 0.3) is 0 Å². The van der Waals surface area contributed by atoms with E-state index >= 15 is 0 Å². The second-order valence-electron chi connectivity index (χ2n) is 5.23. The van der Waals surface area contributed by atoms with Gasteiger partial charge in [0.25, 0.3) is 0 Å². The van der Waals surface area contributed by atoms with Gasteiger partial charge in [0, 0.05) is 41.8 Å². The van der Waals surface area contributed by atoms with Crippen LogP contribution < -0.4 is 10.1 Å². The molecule has 0 aromatic carbocycles. The van der Waals surface area contributed by atoms with Gasteiger partial charge < -0.3 is 15.0 Å². The Hall–Kier alpha value is -1.88. The van der Waals surface area contributed by atoms with Crippen molar-refractivity contribution in [2.24, 2.45) is 0 Å². The summed E-state index contributed by atoms with van der Waals surface area (Å²) in [6.07, 6.45) is 7.38. The monoisotopic (exact) mass is 288 g/mol. The fraction of sp³-hybridized carbons (Fsp3) is 0.500. The third kappa shape index (κ3) is 3.61. The molecule has 0 saturated heterocycles. The summed E-state index contributed by atoms with van der Waals surface area (Å²) in [7, 11) is 1.71. The fourth-order valence-corrected chi connectivity index (χ4v) is 2.52. The Labute approximate surface area is 126 Å². The van der Waals surface area contributed by atoms with Crippen LogP contribution in [0.3, 0.4) is 0 Å². The number of H-pyrrole nitrogens is 1. The van der Waals surface area contributed by atoms with Crippen LogP contribution in [0.5, 0.6) is 5.75 Å². The molecular weight excluding hydrogens is 264 g/mol. The summed E-state index contributed by atoms with van der Waals surface area (Å²) in [5, 5.41) is 3.53. The van der Waals surface area contributed by atoms with Gasteiger partial charge >= 0.3 is 0 Å². The predicted molar refractivity (Wildman–Crippen MR) is 83.6 cm³/mol. The zero-order valence-corrected chi connectivity index (χ0v) is 13.2. The van der Waals surface area contributed by atoms with Gasteiger partial charge in [0.2, 0.25) is 0 Å². The van der Waals surface area contributed by atoms with Crippen molar-refractivity contribution in [1.82, 2.24) is 20.3 Å². The molecule has 2 heterocycles. The van der Waals surface area contributed by atoms with Gasteiger partial charge in [-0.2, -0.15) is 0 Å². The van der Waals surface area contributed by atoms with E-state index < -0.39 is 0 Å². The third-order valence-electron chi connectivity index (χ3n) is 3.64. The Bertz CT molecular complexity index is 566. The Morgan fingerprint density at radius 2 is 2.14 bits per heavy atom. The molecule has 0 fully saturated rings. The number of aryl methyl sites for hydroxylation is 1. The largest absolute Gasteiger partial charge is 0.496 e. The van der Waals surface area contributed by atoms with E-state index in [-0.39, 0.29) is 6.04 Å². The average Bonchev–Trinajstić information content (AvgIpc) is 3.00. The second-order valence-corrected chi connectivity index (χ2v) is 5.23. The van der Waals surface area contributed by atoms with Gasteiger partial charge in [0.05, 0.1) is 13.2 Å². The first-order chi connectivity index (χ1) is 10.2. The molecule has 0 radical (unpaired) electrons. The van der Waals surface area contributed by atoms with E-state index in [9.17, 15) is 0 Å². The number of hydrogen-bond acceptors (Lipinski definition) is 4. The SMILES string of the molecule is CCCNC(Cc1ncc(C)c(OC)c1C)c1ncc[nH]1. The highest BCUT2D eigenvalue weighted by Gasteiger charge is 2.18. The summed E-state index contributed by atoms with van der Waals surface area (Å²) < 4.78 is 5.49. The topological polar surface area (TPSA) is 62.8 Å². The molecule has 21 heavy (non-hydrogen) atoms. The number of nitrogens with one attached hydrogen (secondary N) is 2. The highest BCUT2D eigenvalue weighted by molar-refractivity contribution is 5.41. The summed E-state index contributed by atoms with van der Waals surface area (Å²) in [6, 6.07) is 0.138. The standard InChI is InChI=1S/C16H24N4O/c1-5-6-17-14(16-18-7-8-19-16)9-13-12(3)15(21-4)11(2)10-20-13/h7-8,10,14,17H,5-6,9H2,1-4H3,(H,18,19). The lowest BCUT2D eigenvalue weighted by molar-refractivity contribution is 0.405. The van der Waals surface area contributed by atoms with Gasteiger partial charge in [0.15, 0.2) is 0 Å². The number of aromatic nitrogens is 3. The van der Waals surface area contributed by atoms with E-state index in [2.05, 4.69) is 34.1 Å². The Morgan fingerprint density at radius 1 is 1.33 bits per heavy atom. The van der Waals surface area contributed by atoms with Crippen molar-refractivity contribution in [2.75, 3.05) is 13.7 Å². The van der Waals surface area contributed by atoms with Crippen molar-refractivity contribution in [1.29, 1.82) is 0 Å². The third-order valence-corrected chi connectivity index (χ3v) is 3.64. The van der Waals surface area contributed by atoms with Crippen molar-refractivity contribution in [3.05, 3.63) is 41.2 Å². The first kappa shape index (κ1) is 15.5. The first-order valence-electron chi connectivity index (χ1n) is 7.39. The van der Waals surface area contributed by atoms with Gasteiger partial charge in [-0.3, -0.25) is 4.98 Å². The minimum absolute atomic E-state index is 0.138. The molecule has 0 amide bonds. The maximum atomic E-state index is 5.49. The minimum Gasteiger partial charge on any atom is -0.496 e. The van der Waals surface area contributed by atoms with E-state index in [0.717, 1.165) is 47.8 Å². The van der Waals surface area contributed by atoms with Crippen LogP contribution in [-0.2, 0) is 6.42 Å². The quantitative estimate of drug-likeness (QED) is 0.822. The molecule has 5 heteroatoms. The number of ether oxygens (including phenoxy) is 1. The van der Waals surface area contributed by atoms with E-state index in [0.29, 0.717) is 0 Å². The highest BCUT2D eigenvalue weighted by Crippen LogP contribution is 2.26. The van der Waals surface area contributed by atoms with Crippen molar-refractivity contribution >= 4 is 0 Å². The molecule has 5 nitrogen and oxygen atoms in total. The molecule has 2 N–H and O–H groups in total. The number of imidazole rings is 1. The molecule has 0 aliphatic carbocycles. The number of methoxy groups -OCH3 is 1. The molecule has 2 rings (SSSR count). The number of aromatic amines is 1. The van der Waals surface area contributed by atoms with Crippen LogP contribution in [0.15, 0.2) is 18.6 Å². The number of hydrogen-bond donors (Lipinski definition) is 2. The second kappa shape index (κ2) is 7.22. The molecular formula is C16H24N4O. The fourth-order valence-electron chi connectivity index (χ4n) is 2.52. The molecule has 2 aromatic rings. The number of pyridine rings is 1. The zero-order chi connectivity index (χ0) is 15.2.